The van der Waals surface area contributed by atoms with Crippen LogP contribution in [0.3, 0.4) is 0 Å². The molecule has 0 saturated carbocycles. The quantitative estimate of drug-likeness (QED) is 0.504. The highest BCUT2D eigenvalue weighted by Gasteiger charge is 2.36. The van der Waals surface area contributed by atoms with E-state index in [0.717, 1.165) is 51.7 Å². The number of benzene rings is 3. The van der Waals surface area contributed by atoms with Crippen molar-refractivity contribution in [1.82, 2.24) is 0 Å². The molecule has 0 saturated heterocycles. The number of carbonyl (C=O) groups excluding carboxylic acids is 1. The maximum atomic E-state index is 13.6. The average Bonchev–Trinajstić information content (AvgIpc) is 3.01. The van der Waals surface area contributed by atoms with Gasteiger partial charge in [0.15, 0.2) is 5.78 Å². The van der Waals surface area contributed by atoms with Gasteiger partial charge in [-0.15, -0.1) is 0 Å². The third-order valence-electron chi connectivity index (χ3n) is 6.40. The van der Waals surface area contributed by atoms with Gasteiger partial charge in [0.2, 0.25) is 0 Å². The van der Waals surface area contributed by atoms with Gasteiger partial charge in [0.1, 0.15) is 11.5 Å². The van der Waals surface area contributed by atoms with Crippen LogP contribution in [-0.2, 0) is 4.79 Å². The fourth-order valence-corrected chi connectivity index (χ4v) is 4.80. The summed E-state index contributed by atoms with van der Waals surface area (Å²) < 4.78 is 11.0. The molecular weight excluding hydrogens is 412 g/mol. The molecule has 0 spiro atoms. The number of rotatable bonds is 5. The lowest BCUT2D eigenvalue weighted by atomic mass is 9.78. The summed E-state index contributed by atoms with van der Waals surface area (Å²) in [5.74, 6) is 1.91. The normalized spacial score (nSPS) is 19.5. The molecule has 3 aromatic carbocycles. The summed E-state index contributed by atoms with van der Waals surface area (Å²) in [5, 5.41) is 7.23. The maximum absolute atomic E-state index is 13.6. The van der Waals surface area contributed by atoms with Gasteiger partial charge in [-0.25, -0.2) is 0 Å². The Morgan fingerprint density at radius 3 is 2.42 bits per heavy atom. The van der Waals surface area contributed by atoms with E-state index in [4.69, 9.17) is 9.47 Å². The van der Waals surface area contributed by atoms with Crippen molar-refractivity contribution in [2.24, 2.45) is 0 Å². The highest BCUT2D eigenvalue weighted by atomic mass is 16.5. The van der Waals surface area contributed by atoms with Gasteiger partial charge in [-0.3, -0.25) is 4.79 Å². The van der Waals surface area contributed by atoms with E-state index in [1.54, 1.807) is 7.11 Å². The minimum Gasteiger partial charge on any atom is -0.497 e. The second-order valence-electron chi connectivity index (χ2n) is 8.45. The first-order valence-electron chi connectivity index (χ1n) is 11.4. The molecule has 0 unspecified atom stereocenters. The van der Waals surface area contributed by atoms with Crippen LogP contribution in [0.5, 0.6) is 11.5 Å². The Hall–Kier alpha value is -3.73. The molecule has 2 N–H and O–H groups in total. The summed E-state index contributed by atoms with van der Waals surface area (Å²) in [5.41, 5.74) is 5.92. The summed E-state index contributed by atoms with van der Waals surface area (Å²) in [6.07, 6.45) is 1.25. The second kappa shape index (κ2) is 9.02. The first kappa shape index (κ1) is 21.1. The van der Waals surface area contributed by atoms with Crippen LogP contribution < -0.4 is 20.1 Å². The van der Waals surface area contributed by atoms with Crippen LogP contribution in [-0.4, -0.2) is 19.5 Å². The number of hydrogen-bond donors (Lipinski definition) is 2. The number of methoxy groups -OCH3 is 1. The van der Waals surface area contributed by atoms with E-state index < -0.39 is 0 Å². The minimum absolute atomic E-state index is 0.121. The standard InChI is InChI=1S/C28H28N2O3/c1-3-33-22-8-6-7-19(15-22)28-27-25(29-23-9-4-5-10-24(23)30-28)16-20(17-26(27)31)18-11-13-21(32-2)14-12-18/h4-15,20,28-30H,3,16-17H2,1-2H3/t20-,28-/m1/s1. The number of Topliss-reactive ketones (excluding diaryl/α,β-unsaturated/α-hetero) is 1. The summed E-state index contributed by atoms with van der Waals surface area (Å²) in [7, 11) is 1.66. The first-order valence-corrected chi connectivity index (χ1v) is 11.4. The van der Waals surface area contributed by atoms with Crippen molar-refractivity contribution in [3.05, 3.63) is 95.2 Å². The van der Waals surface area contributed by atoms with Crippen LogP contribution in [0.15, 0.2) is 84.1 Å². The van der Waals surface area contributed by atoms with Gasteiger partial charge in [-0.2, -0.15) is 0 Å². The number of para-hydroxylation sites is 2. The predicted molar refractivity (Wildman–Crippen MR) is 131 cm³/mol. The van der Waals surface area contributed by atoms with Crippen molar-refractivity contribution in [3.63, 3.8) is 0 Å². The molecule has 168 valence electrons. The zero-order valence-electron chi connectivity index (χ0n) is 18.9. The first-order chi connectivity index (χ1) is 16.2. The van der Waals surface area contributed by atoms with Crippen LogP contribution in [0, 0.1) is 0 Å². The highest BCUT2D eigenvalue weighted by molar-refractivity contribution is 6.01. The number of ketones is 1. The van der Waals surface area contributed by atoms with Crippen LogP contribution in [0.2, 0.25) is 0 Å². The molecule has 0 amide bonds. The van der Waals surface area contributed by atoms with Gasteiger partial charge in [0.25, 0.3) is 0 Å². The van der Waals surface area contributed by atoms with Crippen molar-refractivity contribution in [2.75, 3.05) is 24.4 Å². The van der Waals surface area contributed by atoms with E-state index in [-0.39, 0.29) is 17.7 Å². The van der Waals surface area contributed by atoms with Gasteiger partial charge in [-0.05, 0) is 66.8 Å². The van der Waals surface area contributed by atoms with Crippen LogP contribution >= 0.6 is 0 Å². The van der Waals surface area contributed by atoms with Crippen LogP contribution in [0.1, 0.15) is 42.9 Å². The number of allylic oxidation sites excluding steroid dienone is 1. The minimum atomic E-state index is -0.249. The smallest absolute Gasteiger partial charge is 0.163 e. The topological polar surface area (TPSA) is 59.6 Å². The molecule has 2 atom stereocenters. The maximum Gasteiger partial charge on any atom is 0.163 e. The number of ether oxygens (including phenoxy) is 2. The number of anilines is 2. The number of nitrogens with one attached hydrogen (secondary N) is 2. The SMILES string of the molecule is CCOc1cccc([C@H]2Nc3ccccc3NC3=C2C(=O)C[C@H](c2ccc(OC)cc2)C3)c1. The molecule has 33 heavy (non-hydrogen) atoms. The van der Waals surface area contributed by atoms with Crippen molar-refractivity contribution in [2.45, 2.75) is 31.7 Å². The highest BCUT2D eigenvalue weighted by Crippen LogP contribution is 2.44. The molecular formula is C28H28N2O3. The van der Waals surface area contributed by atoms with Gasteiger partial charge >= 0.3 is 0 Å². The van der Waals surface area contributed by atoms with E-state index in [2.05, 4.69) is 28.8 Å². The summed E-state index contributed by atoms with van der Waals surface area (Å²) in [6.45, 7) is 2.57. The number of carbonyl (C=O) groups is 1. The molecule has 1 aliphatic heterocycles. The molecule has 0 aromatic heterocycles. The van der Waals surface area contributed by atoms with E-state index in [9.17, 15) is 4.79 Å². The molecule has 0 radical (unpaired) electrons. The molecule has 5 rings (SSSR count). The Labute approximate surface area is 194 Å². The van der Waals surface area contributed by atoms with Gasteiger partial charge < -0.3 is 20.1 Å². The van der Waals surface area contributed by atoms with Crippen molar-refractivity contribution in [3.8, 4) is 11.5 Å². The van der Waals surface area contributed by atoms with Crippen molar-refractivity contribution < 1.29 is 14.3 Å². The summed E-state index contributed by atoms with van der Waals surface area (Å²) in [6, 6.07) is 23.9. The predicted octanol–water partition coefficient (Wildman–Crippen LogP) is 6.07. The summed E-state index contributed by atoms with van der Waals surface area (Å²) in [4.78, 5) is 13.6. The molecule has 3 aromatic rings. The van der Waals surface area contributed by atoms with E-state index in [1.807, 2.05) is 61.5 Å². The van der Waals surface area contributed by atoms with E-state index in [1.165, 1.54) is 0 Å². The van der Waals surface area contributed by atoms with Crippen molar-refractivity contribution in [1.29, 1.82) is 0 Å². The largest absolute Gasteiger partial charge is 0.497 e. The molecule has 5 heteroatoms. The summed E-state index contributed by atoms with van der Waals surface area (Å²) >= 11 is 0. The third kappa shape index (κ3) is 4.19. The molecule has 5 nitrogen and oxygen atoms in total. The van der Waals surface area contributed by atoms with Crippen LogP contribution in [0.25, 0.3) is 0 Å². The molecule has 1 aliphatic carbocycles. The second-order valence-corrected chi connectivity index (χ2v) is 8.45. The fourth-order valence-electron chi connectivity index (χ4n) is 4.80. The molecule has 0 bridgehead atoms. The van der Waals surface area contributed by atoms with Gasteiger partial charge in [0.05, 0.1) is 31.1 Å². The lowest BCUT2D eigenvalue weighted by Crippen LogP contribution is -2.26. The van der Waals surface area contributed by atoms with Crippen LogP contribution in [0.4, 0.5) is 11.4 Å². The van der Waals surface area contributed by atoms with E-state index in [0.29, 0.717) is 13.0 Å². The van der Waals surface area contributed by atoms with E-state index >= 15 is 0 Å². The monoisotopic (exact) mass is 440 g/mol. The van der Waals surface area contributed by atoms with Gasteiger partial charge in [0, 0.05) is 17.7 Å². The molecule has 0 fully saturated rings. The Morgan fingerprint density at radius 2 is 1.67 bits per heavy atom. The third-order valence-corrected chi connectivity index (χ3v) is 6.40. The Balaban J connectivity index is 1.57. The Morgan fingerprint density at radius 1 is 0.879 bits per heavy atom. The Bertz CT molecular complexity index is 1200. The number of hydrogen-bond acceptors (Lipinski definition) is 5. The zero-order valence-corrected chi connectivity index (χ0v) is 18.9. The molecule has 2 aliphatic rings. The lowest BCUT2D eigenvalue weighted by Gasteiger charge is -2.30. The number of fused-ring (bicyclic) bond motifs is 1. The molecule has 1 heterocycles. The van der Waals surface area contributed by atoms with Crippen molar-refractivity contribution >= 4 is 17.2 Å². The zero-order chi connectivity index (χ0) is 22.8. The average molecular weight is 441 g/mol. The Kier molecular flexibility index (Phi) is 5.78. The van der Waals surface area contributed by atoms with Gasteiger partial charge in [-0.1, -0.05) is 36.4 Å². The lowest BCUT2D eigenvalue weighted by molar-refractivity contribution is -0.116. The fraction of sp³-hybridized carbons (Fsp3) is 0.250.